The summed E-state index contributed by atoms with van der Waals surface area (Å²) in [7, 11) is 1.76. The number of hydrogen-bond acceptors (Lipinski definition) is 2. The molecule has 0 aromatic carbocycles. The van der Waals surface area contributed by atoms with Crippen molar-refractivity contribution in [2.45, 2.75) is 38.8 Å². The van der Waals surface area contributed by atoms with Crippen molar-refractivity contribution in [3.8, 4) is 0 Å². The van der Waals surface area contributed by atoms with Gasteiger partial charge in [0.1, 0.15) is 0 Å². The van der Waals surface area contributed by atoms with Gasteiger partial charge >= 0.3 is 5.69 Å². The molecule has 0 aliphatic carbocycles. The number of aryl methyl sites for hydroxylation is 2. The molecular formula is C10H19N3O. The number of hydrogen-bond donors (Lipinski definition) is 1. The highest BCUT2D eigenvalue weighted by Crippen LogP contribution is 1.99. The van der Waals surface area contributed by atoms with Crippen LogP contribution < -0.4 is 11.4 Å². The maximum atomic E-state index is 11.4. The van der Waals surface area contributed by atoms with Gasteiger partial charge in [0, 0.05) is 32.0 Å². The van der Waals surface area contributed by atoms with Gasteiger partial charge in [0.15, 0.2) is 0 Å². The molecule has 1 aromatic rings. The molecule has 0 bridgehead atoms. The Bertz CT molecular complexity index is 324. The Labute approximate surface area is 84.3 Å². The number of imidazole rings is 1. The zero-order chi connectivity index (χ0) is 10.6. The lowest BCUT2D eigenvalue weighted by atomic mass is 10.1. The van der Waals surface area contributed by atoms with Crippen LogP contribution >= 0.6 is 0 Å². The van der Waals surface area contributed by atoms with E-state index in [0.29, 0.717) is 0 Å². The molecular weight excluding hydrogens is 178 g/mol. The van der Waals surface area contributed by atoms with Crippen molar-refractivity contribution < 1.29 is 0 Å². The van der Waals surface area contributed by atoms with E-state index in [0.717, 1.165) is 25.8 Å². The first-order valence-corrected chi connectivity index (χ1v) is 5.08. The lowest BCUT2D eigenvalue weighted by molar-refractivity contribution is 0.538. The first-order valence-electron chi connectivity index (χ1n) is 5.08. The van der Waals surface area contributed by atoms with Crippen molar-refractivity contribution in [3.05, 3.63) is 22.9 Å². The normalized spacial score (nSPS) is 13.1. The zero-order valence-corrected chi connectivity index (χ0v) is 8.94. The molecule has 0 amide bonds. The summed E-state index contributed by atoms with van der Waals surface area (Å²) in [5.41, 5.74) is 5.69. The maximum absolute atomic E-state index is 11.4. The first-order chi connectivity index (χ1) is 6.61. The van der Waals surface area contributed by atoms with E-state index < -0.39 is 0 Å². The van der Waals surface area contributed by atoms with Gasteiger partial charge < -0.3 is 10.3 Å². The Morgan fingerprint density at radius 3 is 2.64 bits per heavy atom. The number of unbranched alkanes of at least 4 members (excludes halogenated alkanes) is 1. The Balaban J connectivity index is 2.32. The molecule has 4 nitrogen and oxygen atoms in total. The van der Waals surface area contributed by atoms with Crippen LogP contribution in [0.1, 0.15) is 26.2 Å². The van der Waals surface area contributed by atoms with E-state index in [1.54, 1.807) is 22.4 Å². The summed E-state index contributed by atoms with van der Waals surface area (Å²) < 4.78 is 3.33. The predicted molar refractivity (Wildman–Crippen MR) is 57.2 cm³/mol. The zero-order valence-electron chi connectivity index (χ0n) is 8.94. The summed E-state index contributed by atoms with van der Waals surface area (Å²) in [4.78, 5) is 11.4. The van der Waals surface area contributed by atoms with Crippen molar-refractivity contribution in [1.29, 1.82) is 0 Å². The van der Waals surface area contributed by atoms with Gasteiger partial charge in [-0.05, 0) is 19.8 Å². The number of nitrogens with zero attached hydrogens (tertiary/aromatic N) is 2. The van der Waals surface area contributed by atoms with Gasteiger partial charge in [-0.3, -0.25) is 4.57 Å². The monoisotopic (exact) mass is 197 g/mol. The predicted octanol–water partition coefficient (Wildman–Crippen LogP) is 0.704. The second-order valence-corrected chi connectivity index (χ2v) is 3.86. The summed E-state index contributed by atoms with van der Waals surface area (Å²) in [5.74, 6) is 0. The van der Waals surface area contributed by atoms with Crippen molar-refractivity contribution in [2.24, 2.45) is 12.8 Å². The minimum atomic E-state index is 0.0609. The summed E-state index contributed by atoms with van der Waals surface area (Å²) in [6.45, 7) is 2.81. The highest BCUT2D eigenvalue weighted by atomic mass is 16.1. The fraction of sp³-hybridized carbons (Fsp3) is 0.700. The molecule has 2 N–H and O–H groups in total. The lowest BCUT2D eigenvalue weighted by Crippen LogP contribution is -2.22. The Hall–Kier alpha value is -1.03. The van der Waals surface area contributed by atoms with Crippen LogP contribution in [0.15, 0.2) is 17.2 Å². The largest absolute Gasteiger partial charge is 0.328 e. The van der Waals surface area contributed by atoms with Gasteiger partial charge in [0.25, 0.3) is 0 Å². The first kappa shape index (κ1) is 11.0. The second kappa shape index (κ2) is 5.00. The van der Waals surface area contributed by atoms with Crippen LogP contribution in [0.2, 0.25) is 0 Å². The third-order valence-electron chi connectivity index (χ3n) is 2.33. The molecule has 1 aromatic heterocycles. The Morgan fingerprint density at radius 2 is 2.14 bits per heavy atom. The molecule has 0 aliphatic heterocycles. The molecule has 1 heterocycles. The fourth-order valence-electron chi connectivity index (χ4n) is 1.43. The van der Waals surface area contributed by atoms with E-state index >= 15 is 0 Å². The minimum absolute atomic E-state index is 0.0609. The van der Waals surface area contributed by atoms with E-state index in [9.17, 15) is 4.79 Å². The van der Waals surface area contributed by atoms with Gasteiger partial charge in [0.2, 0.25) is 0 Å². The average Bonchev–Trinajstić information content (AvgIpc) is 2.43. The molecule has 0 saturated heterocycles. The van der Waals surface area contributed by atoms with Gasteiger partial charge in [-0.1, -0.05) is 6.42 Å². The molecule has 4 heteroatoms. The third kappa shape index (κ3) is 3.03. The smallest absolute Gasteiger partial charge is 0.327 e. The molecule has 0 radical (unpaired) electrons. The molecule has 1 unspecified atom stereocenters. The number of rotatable bonds is 5. The molecule has 80 valence electrons. The molecule has 14 heavy (non-hydrogen) atoms. The van der Waals surface area contributed by atoms with Crippen molar-refractivity contribution in [1.82, 2.24) is 9.13 Å². The topological polar surface area (TPSA) is 52.9 Å². The van der Waals surface area contributed by atoms with E-state index in [2.05, 4.69) is 0 Å². The summed E-state index contributed by atoms with van der Waals surface area (Å²) >= 11 is 0. The van der Waals surface area contributed by atoms with Gasteiger partial charge in [-0.15, -0.1) is 0 Å². The average molecular weight is 197 g/mol. The Morgan fingerprint density at radius 1 is 1.43 bits per heavy atom. The van der Waals surface area contributed by atoms with Crippen LogP contribution in [0.3, 0.4) is 0 Å². The van der Waals surface area contributed by atoms with E-state index in [1.165, 1.54) is 0 Å². The molecule has 0 fully saturated rings. The summed E-state index contributed by atoms with van der Waals surface area (Å²) in [5, 5.41) is 0. The Kier molecular flexibility index (Phi) is 3.95. The summed E-state index contributed by atoms with van der Waals surface area (Å²) in [6, 6.07) is 0.266. The second-order valence-electron chi connectivity index (χ2n) is 3.86. The summed E-state index contributed by atoms with van der Waals surface area (Å²) in [6.07, 6.45) is 6.74. The van der Waals surface area contributed by atoms with Crippen molar-refractivity contribution in [3.63, 3.8) is 0 Å². The SMILES string of the molecule is CC(N)CCCCn1ccn(C)c1=O. The van der Waals surface area contributed by atoms with Crippen LogP contribution in [-0.2, 0) is 13.6 Å². The van der Waals surface area contributed by atoms with E-state index in [1.807, 2.05) is 13.1 Å². The van der Waals surface area contributed by atoms with Crippen LogP contribution in [-0.4, -0.2) is 15.2 Å². The highest BCUT2D eigenvalue weighted by Gasteiger charge is 1.99. The van der Waals surface area contributed by atoms with Crippen molar-refractivity contribution >= 4 is 0 Å². The molecule has 1 atom stereocenters. The van der Waals surface area contributed by atoms with Gasteiger partial charge in [0.05, 0.1) is 0 Å². The standard InChI is InChI=1S/C10H19N3O/c1-9(11)5-3-4-6-13-8-7-12(2)10(13)14/h7-9H,3-6,11H2,1-2H3. The van der Waals surface area contributed by atoms with Crippen LogP contribution in [0.4, 0.5) is 0 Å². The molecule has 0 aliphatic rings. The third-order valence-corrected chi connectivity index (χ3v) is 2.33. The number of aromatic nitrogens is 2. The van der Waals surface area contributed by atoms with E-state index in [-0.39, 0.29) is 11.7 Å². The number of nitrogens with two attached hydrogens (primary N) is 1. The maximum Gasteiger partial charge on any atom is 0.327 e. The molecule has 1 rings (SSSR count). The highest BCUT2D eigenvalue weighted by molar-refractivity contribution is 4.79. The lowest BCUT2D eigenvalue weighted by Gasteiger charge is -2.04. The van der Waals surface area contributed by atoms with E-state index in [4.69, 9.17) is 5.73 Å². The minimum Gasteiger partial charge on any atom is -0.328 e. The molecule has 0 spiro atoms. The molecule has 0 saturated carbocycles. The van der Waals surface area contributed by atoms with Crippen LogP contribution in [0.5, 0.6) is 0 Å². The van der Waals surface area contributed by atoms with Crippen molar-refractivity contribution in [2.75, 3.05) is 0 Å². The van der Waals surface area contributed by atoms with Gasteiger partial charge in [-0.25, -0.2) is 4.79 Å². The van der Waals surface area contributed by atoms with Gasteiger partial charge in [-0.2, -0.15) is 0 Å². The van der Waals surface area contributed by atoms with Crippen LogP contribution in [0.25, 0.3) is 0 Å². The fourth-order valence-corrected chi connectivity index (χ4v) is 1.43. The van der Waals surface area contributed by atoms with Crippen LogP contribution in [0, 0.1) is 0 Å². The quantitative estimate of drug-likeness (QED) is 0.707.